The second-order valence-electron chi connectivity index (χ2n) is 5.06. The first-order valence-corrected chi connectivity index (χ1v) is 9.01. The first-order valence-electron chi connectivity index (χ1n) is 6.91. The van der Waals surface area contributed by atoms with E-state index in [4.69, 9.17) is 0 Å². The van der Waals surface area contributed by atoms with Crippen LogP contribution >= 0.6 is 23.5 Å². The smallest absolute Gasteiger partial charge is 0.235 e. The summed E-state index contributed by atoms with van der Waals surface area (Å²) in [6, 6.07) is 10.6. The fourth-order valence-electron chi connectivity index (χ4n) is 2.69. The monoisotopic (exact) mass is 293 g/mol. The van der Waals surface area contributed by atoms with Crippen molar-refractivity contribution >= 4 is 29.4 Å². The van der Waals surface area contributed by atoms with Gasteiger partial charge < -0.3 is 4.90 Å². The molecule has 2 saturated heterocycles. The summed E-state index contributed by atoms with van der Waals surface area (Å²) in [6.07, 6.45) is 2.27. The zero-order chi connectivity index (χ0) is 13.1. The first-order chi connectivity index (χ1) is 9.34. The molecular formula is C15H19NOS2. The number of amides is 1. The molecule has 0 spiro atoms. The van der Waals surface area contributed by atoms with E-state index in [1.54, 1.807) is 0 Å². The van der Waals surface area contributed by atoms with Gasteiger partial charge in [0, 0.05) is 24.1 Å². The molecule has 2 unspecified atom stereocenters. The molecule has 2 atom stereocenters. The van der Waals surface area contributed by atoms with Crippen LogP contribution in [0.5, 0.6) is 0 Å². The molecule has 4 heteroatoms. The molecule has 0 aromatic heterocycles. The minimum absolute atomic E-state index is 0.236. The summed E-state index contributed by atoms with van der Waals surface area (Å²) >= 11 is 3.82. The van der Waals surface area contributed by atoms with Gasteiger partial charge >= 0.3 is 0 Å². The highest BCUT2D eigenvalue weighted by Crippen LogP contribution is 2.35. The van der Waals surface area contributed by atoms with Crippen LogP contribution in [-0.2, 0) is 4.79 Å². The Kier molecular flexibility index (Phi) is 4.38. The van der Waals surface area contributed by atoms with Crippen LogP contribution in [0.3, 0.4) is 0 Å². The lowest BCUT2D eigenvalue weighted by atomic mass is 10.1. The fraction of sp³-hybridized carbons (Fsp3) is 0.533. The molecule has 0 radical (unpaired) electrons. The third kappa shape index (κ3) is 3.11. The van der Waals surface area contributed by atoms with Gasteiger partial charge in [-0.25, -0.2) is 0 Å². The molecule has 102 valence electrons. The summed E-state index contributed by atoms with van der Waals surface area (Å²) < 4.78 is 0. The maximum atomic E-state index is 12.5. The predicted molar refractivity (Wildman–Crippen MR) is 83.7 cm³/mol. The SMILES string of the molecule is O=C(C1CCCS1)N1CCSC(c2ccccc2)C1. The van der Waals surface area contributed by atoms with Gasteiger partial charge in [-0.1, -0.05) is 30.3 Å². The molecule has 0 bridgehead atoms. The Balaban J connectivity index is 1.66. The number of thioether (sulfide) groups is 2. The molecule has 19 heavy (non-hydrogen) atoms. The van der Waals surface area contributed by atoms with Gasteiger partial charge in [-0.15, -0.1) is 11.8 Å². The molecule has 1 amide bonds. The Hall–Kier alpha value is -0.610. The highest BCUT2D eigenvalue weighted by molar-refractivity contribution is 8.00. The normalized spacial score (nSPS) is 27.5. The molecule has 2 heterocycles. The number of carbonyl (C=O) groups excluding carboxylic acids is 1. The van der Waals surface area contributed by atoms with Crippen LogP contribution in [0.25, 0.3) is 0 Å². The topological polar surface area (TPSA) is 20.3 Å². The van der Waals surface area contributed by atoms with Crippen molar-refractivity contribution in [3.63, 3.8) is 0 Å². The molecule has 1 aromatic rings. The number of hydrogen-bond acceptors (Lipinski definition) is 3. The lowest BCUT2D eigenvalue weighted by Crippen LogP contribution is -2.43. The van der Waals surface area contributed by atoms with Gasteiger partial charge in [0.15, 0.2) is 0 Å². The van der Waals surface area contributed by atoms with Crippen LogP contribution in [0.1, 0.15) is 23.7 Å². The Morgan fingerprint density at radius 2 is 2.00 bits per heavy atom. The molecule has 3 rings (SSSR count). The molecule has 0 N–H and O–H groups in total. The van der Waals surface area contributed by atoms with Crippen LogP contribution in [0.4, 0.5) is 0 Å². The van der Waals surface area contributed by atoms with Crippen molar-refractivity contribution in [2.45, 2.75) is 23.3 Å². The highest BCUT2D eigenvalue weighted by atomic mass is 32.2. The average molecular weight is 293 g/mol. The number of benzene rings is 1. The third-order valence-corrected chi connectivity index (χ3v) is 6.36. The van der Waals surface area contributed by atoms with Crippen molar-refractivity contribution in [2.75, 3.05) is 24.6 Å². The Bertz CT molecular complexity index is 431. The van der Waals surface area contributed by atoms with E-state index in [2.05, 4.69) is 35.2 Å². The van der Waals surface area contributed by atoms with Crippen molar-refractivity contribution in [3.05, 3.63) is 35.9 Å². The third-order valence-electron chi connectivity index (χ3n) is 3.75. The lowest BCUT2D eigenvalue weighted by Gasteiger charge is -2.34. The Morgan fingerprint density at radius 1 is 1.16 bits per heavy atom. The van der Waals surface area contributed by atoms with E-state index >= 15 is 0 Å². The van der Waals surface area contributed by atoms with Crippen molar-refractivity contribution in [2.24, 2.45) is 0 Å². The van der Waals surface area contributed by atoms with Crippen molar-refractivity contribution in [3.8, 4) is 0 Å². The summed E-state index contributed by atoms with van der Waals surface area (Å²) in [7, 11) is 0. The zero-order valence-electron chi connectivity index (χ0n) is 11.0. The number of hydrogen-bond donors (Lipinski definition) is 0. The highest BCUT2D eigenvalue weighted by Gasteiger charge is 2.31. The summed E-state index contributed by atoms with van der Waals surface area (Å²) in [6.45, 7) is 1.80. The molecular weight excluding hydrogens is 274 g/mol. The minimum atomic E-state index is 0.236. The average Bonchev–Trinajstić information content (AvgIpc) is 3.02. The Labute approximate surface area is 123 Å². The van der Waals surface area contributed by atoms with E-state index in [1.165, 1.54) is 12.0 Å². The number of rotatable bonds is 2. The van der Waals surface area contributed by atoms with E-state index in [0.29, 0.717) is 11.2 Å². The van der Waals surface area contributed by atoms with E-state index in [9.17, 15) is 4.79 Å². The fourth-order valence-corrected chi connectivity index (χ4v) is 5.18. The first kappa shape index (κ1) is 13.4. The molecule has 2 fully saturated rings. The standard InChI is InChI=1S/C15H19NOS2/c17-15(13-7-4-9-18-13)16-8-10-19-14(11-16)12-5-2-1-3-6-12/h1-3,5-6,13-14H,4,7-11H2. The summed E-state index contributed by atoms with van der Waals surface area (Å²) in [5, 5.41) is 0.685. The van der Waals surface area contributed by atoms with Crippen molar-refractivity contribution in [1.82, 2.24) is 4.90 Å². The number of nitrogens with zero attached hydrogens (tertiary/aromatic N) is 1. The molecule has 2 aliphatic rings. The van der Waals surface area contributed by atoms with Crippen LogP contribution in [0.15, 0.2) is 30.3 Å². The van der Waals surface area contributed by atoms with Crippen molar-refractivity contribution < 1.29 is 4.79 Å². The number of carbonyl (C=O) groups is 1. The zero-order valence-corrected chi connectivity index (χ0v) is 12.6. The van der Waals surface area contributed by atoms with Gasteiger partial charge in [0.2, 0.25) is 5.91 Å². The van der Waals surface area contributed by atoms with Crippen LogP contribution in [0, 0.1) is 0 Å². The quantitative estimate of drug-likeness (QED) is 0.835. The van der Waals surface area contributed by atoms with E-state index in [1.807, 2.05) is 23.5 Å². The van der Waals surface area contributed by atoms with Crippen LogP contribution < -0.4 is 0 Å². The van der Waals surface area contributed by atoms with Gasteiger partial charge in [-0.3, -0.25) is 4.79 Å². The largest absolute Gasteiger partial charge is 0.339 e. The van der Waals surface area contributed by atoms with Crippen LogP contribution in [-0.4, -0.2) is 40.7 Å². The molecule has 0 saturated carbocycles. The van der Waals surface area contributed by atoms with Gasteiger partial charge in [0.25, 0.3) is 0 Å². The molecule has 2 nitrogen and oxygen atoms in total. The second kappa shape index (κ2) is 6.23. The Morgan fingerprint density at radius 3 is 2.74 bits per heavy atom. The van der Waals surface area contributed by atoms with Gasteiger partial charge in [-0.2, -0.15) is 11.8 Å². The maximum absolute atomic E-state index is 12.5. The van der Waals surface area contributed by atoms with Crippen molar-refractivity contribution in [1.29, 1.82) is 0 Å². The second-order valence-corrected chi connectivity index (χ2v) is 7.68. The van der Waals surface area contributed by atoms with E-state index < -0.39 is 0 Å². The maximum Gasteiger partial charge on any atom is 0.235 e. The minimum Gasteiger partial charge on any atom is -0.339 e. The summed E-state index contributed by atoms with van der Waals surface area (Å²) in [5.41, 5.74) is 1.35. The molecule has 1 aromatic carbocycles. The van der Waals surface area contributed by atoms with E-state index in [0.717, 1.165) is 31.0 Å². The lowest BCUT2D eigenvalue weighted by molar-refractivity contribution is -0.130. The van der Waals surface area contributed by atoms with E-state index in [-0.39, 0.29) is 5.25 Å². The molecule has 2 aliphatic heterocycles. The predicted octanol–water partition coefficient (Wildman–Crippen LogP) is 3.20. The van der Waals surface area contributed by atoms with Gasteiger partial charge in [0.1, 0.15) is 0 Å². The summed E-state index contributed by atoms with van der Waals surface area (Å²) in [5.74, 6) is 2.59. The van der Waals surface area contributed by atoms with Crippen LogP contribution in [0.2, 0.25) is 0 Å². The summed E-state index contributed by atoms with van der Waals surface area (Å²) in [4.78, 5) is 14.6. The molecule has 0 aliphatic carbocycles. The van der Waals surface area contributed by atoms with Gasteiger partial charge in [-0.05, 0) is 24.2 Å². The van der Waals surface area contributed by atoms with Gasteiger partial charge in [0.05, 0.1) is 5.25 Å².